The van der Waals surface area contributed by atoms with E-state index in [-0.39, 0.29) is 19.1 Å². The number of methoxy groups -OCH3 is 1. The van der Waals surface area contributed by atoms with Gasteiger partial charge in [-0.3, -0.25) is 9.59 Å². The van der Waals surface area contributed by atoms with Crippen molar-refractivity contribution in [1.29, 1.82) is 0 Å². The molecule has 0 aromatic heterocycles. The Labute approximate surface area is 198 Å². The fourth-order valence-corrected chi connectivity index (χ4v) is 5.06. The molecule has 1 saturated carbocycles. The van der Waals surface area contributed by atoms with E-state index in [1.54, 1.807) is 0 Å². The topological polar surface area (TPSA) is 114 Å². The second-order valence-electron chi connectivity index (χ2n) is 9.17. The van der Waals surface area contributed by atoms with Crippen LogP contribution in [0.4, 0.5) is 4.79 Å². The molecule has 180 valence electrons. The molecular weight excluding hydrogens is 436 g/mol. The van der Waals surface area contributed by atoms with Crippen LogP contribution in [0, 0.1) is 5.92 Å². The first-order chi connectivity index (χ1) is 16.3. The number of fused-ring (bicyclic) bond motifs is 3. The lowest BCUT2D eigenvalue weighted by Crippen LogP contribution is -2.61. The summed E-state index contributed by atoms with van der Waals surface area (Å²) in [5, 5.41) is 14.8. The number of carbonyl (C=O) groups excluding carboxylic acids is 2. The molecular formula is C26H30N2O6. The van der Waals surface area contributed by atoms with Gasteiger partial charge in [-0.05, 0) is 42.0 Å². The van der Waals surface area contributed by atoms with E-state index in [9.17, 15) is 19.5 Å². The predicted octanol–water partition coefficient (Wildman–Crippen LogP) is 3.30. The van der Waals surface area contributed by atoms with E-state index in [4.69, 9.17) is 9.47 Å². The minimum absolute atomic E-state index is 0.0898. The van der Waals surface area contributed by atoms with Gasteiger partial charge in [0.05, 0.1) is 12.5 Å². The van der Waals surface area contributed by atoms with Gasteiger partial charge in [-0.2, -0.15) is 0 Å². The zero-order valence-electron chi connectivity index (χ0n) is 19.4. The Morgan fingerprint density at radius 2 is 1.65 bits per heavy atom. The van der Waals surface area contributed by atoms with Crippen LogP contribution in [0.15, 0.2) is 48.5 Å². The minimum atomic E-state index is -1.41. The van der Waals surface area contributed by atoms with Gasteiger partial charge in [0.25, 0.3) is 0 Å². The maximum absolute atomic E-state index is 13.0. The van der Waals surface area contributed by atoms with Crippen LogP contribution in [0.5, 0.6) is 0 Å². The van der Waals surface area contributed by atoms with Gasteiger partial charge in [0, 0.05) is 19.1 Å². The summed E-state index contributed by atoms with van der Waals surface area (Å²) in [6, 6.07) is 15.6. The fourth-order valence-electron chi connectivity index (χ4n) is 5.06. The van der Waals surface area contributed by atoms with E-state index in [1.165, 1.54) is 14.0 Å². The molecule has 3 atom stereocenters. The summed E-state index contributed by atoms with van der Waals surface area (Å²) in [5.74, 6) is -2.16. The quantitative estimate of drug-likeness (QED) is 0.550. The molecule has 0 heterocycles. The number of hydrogen-bond donors (Lipinski definition) is 3. The maximum atomic E-state index is 13.0. The van der Waals surface area contributed by atoms with Crippen LogP contribution in [0.3, 0.4) is 0 Å². The van der Waals surface area contributed by atoms with Crippen molar-refractivity contribution in [3.63, 3.8) is 0 Å². The Hall–Kier alpha value is -3.39. The lowest BCUT2D eigenvalue weighted by atomic mass is 9.98. The number of aliphatic carboxylic acids is 1. The Kier molecular flexibility index (Phi) is 6.88. The molecule has 8 nitrogen and oxygen atoms in total. The van der Waals surface area contributed by atoms with E-state index in [1.807, 2.05) is 36.4 Å². The zero-order chi connectivity index (χ0) is 24.3. The summed E-state index contributed by atoms with van der Waals surface area (Å²) >= 11 is 0. The molecule has 0 radical (unpaired) electrons. The number of nitrogens with one attached hydrogen (secondary N) is 2. The summed E-state index contributed by atoms with van der Waals surface area (Å²) < 4.78 is 10.8. The van der Waals surface area contributed by atoms with E-state index in [2.05, 4.69) is 22.8 Å². The van der Waals surface area contributed by atoms with Crippen molar-refractivity contribution in [2.45, 2.75) is 43.7 Å². The number of hydrogen-bond acceptors (Lipinski definition) is 5. The van der Waals surface area contributed by atoms with Gasteiger partial charge in [-0.1, -0.05) is 55.0 Å². The predicted molar refractivity (Wildman–Crippen MR) is 125 cm³/mol. The van der Waals surface area contributed by atoms with Crippen LogP contribution in [0.1, 0.15) is 43.2 Å². The van der Waals surface area contributed by atoms with Crippen molar-refractivity contribution in [2.75, 3.05) is 20.3 Å². The Morgan fingerprint density at radius 1 is 1.03 bits per heavy atom. The normalized spacial score (nSPS) is 20.6. The molecule has 3 N–H and O–H groups in total. The van der Waals surface area contributed by atoms with Crippen molar-refractivity contribution in [2.24, 2.45) is 5.92 Å². The highest BCUT2D eigenvalue weighted by molar-refractivity contribution is 5.90. The van der Waals surface area contributed by atoms with E-state index < -0.39 is 35.5 Å². The van der Waals surface area contributed by atoms with E-state index >= 15 is 0 Å². The van der Waals surface area contributed by atoms with E-state index in [0.717, 1.165) is 28.7 Å². The summed E-state index contributed by atoms with van der Waals surface area (Å²) in [6.45, 7) is 1.57. The van der Waals surface area contributed by atoms with Gasteiger partial charge < -0.3 is 25.2 Å². The number of carbonyl (C=O) groups is 3. The van der Waals surface area contributed by atoms with Crippen molar-refractivity contribution < 1.29 is 29.0 Å². The molecule has 0 bridgehead atoms. The Balaban J connectivity index is 1.42. The number of benzene rings is 2. The summed E-state index contributed by atoms with van der Waals surface area (Å²) in [5.41, 5.74) is 3.02. The summed E-state index contributed by atoms with van der Waals surface area (Å²) in [7, 11) is 1.43. The van der Waals surface area contributed by atoms with Crippen molar-refractivity contribution >= 4 is 18.0 Å². The zero-order valence-corrected chi connectivity index (χ0v) is 19.4. The first kappa shape index (κ1) is 23.8. The third-order valence-electron chi connectivity index (χ3n) is 6.81. The minimum Gasteiger partial charge on any atom is -0.481 e. The number of amides is 2. The summed E-state index contributed by atoms with van der Waals surface area (Å²) in [4.78, 5) is 37.3. The van der Waals surface area contributed by atoms with Gasteiger partial charge in [-0.15, -0.1) is 0 Å². The molecule has 3 unspecified atom stereocenters. The van der Waals surface area contributed by atoms with Gasteiger partial charge in [-0.25, -0.2) is 4.79 Å². The second-order valence-corrected chi connectivity index (χ2v) is 9.17. The molecule has 2 aromatic carbocycles. The molecule has 0 aliphatic heterocycles. The van der Waals surface area contributed by atoms with Gasteiger partial charge in [0.2, 0.25) is 5.91 Å². The Morgan fingerprint density at radius 3 is 2.24 bits per heavy atom. The van der Waals surface area contributed by atoms with Gasteiger partial charge in [0.15, 0.2) is 0 Å². The molecule has 1 fully saturated rings. The highest BCUT2D eigenvalue weighted by Crippen LogP contribution is 2.44. The highest BCUT2D eigenvalue weighted by atomic mass is 16.5. The third kappa shape index (κ3) is 4.63. The Bertz CT molecular complexity index is 1040. The van der Waals surface area contributed by atoms with Crippen LogP contribution in [0.25, 0.3) is 11.1 Å². The summed E-state index contributed by atoms with van der Waals surface area (Å²) in [6.07, 6.45) is 1.08. The molecule has 2 aromatic rings. The highest BCUT2D eigenvalue weighted by Gasteiger charge is 2.41. The van der Waals surface area contributed by atoms with Crippen molar-refractivity contribution in [1.82, 2.24) is 10.6 Å². The first-order valence-electron chi connectivity index (χ1n) is 11.5. The molecule has 2 aliphatic carbocycles. The van der Waals surface area contributed by atoms with Crippen molar-refractivity contribution in [3.05, 3.63) is 59.7 Å². The van der Waals surface area contributed by atoms with Crippen LogP contribution in [-0.4, -0.2) is 55.0 Å². The van der Waals surface area contributed by atoms with Crippen LogP contribution >= 0.6 is 0 Å². The largest absolute Gasteiger partial charge is 0.481 e. The number of carboxylic acid groups (broad SMARTS) is 1. The molecule has 34 heavy (non-hydrogen) atoms. The number of alkyl carbamates (subject to hydrolysis) is 1. The molecule has 0 spiro atoms. The first-order valence-corrected chi connectivity index (χ1v) is 11.5. The lowest BCUT2D eigenvalue weighted by molar-refractivity contribution is -0.142. The smallest absolute Gasteiger partial charge is 0.408 e. The molecule has 0 saturated heterocycles. The van der Waals surface area contributed by atoms with Gasteiger partial charge >= 0.3 is 12.1 Å². The maximum Gasteiger partial charge on any atom is 0.408 e. The van der Waals surface area contributed by atoms with Crippen LogP contribution in [-0.2, 0) is 19.1 Å². The van der Waals surface area contributed by atoms with Crippen LogP contribution in [0.2, 0.25) is 0 Å². The standard InChI is InChI=1S/C26H30N2O6/c1-26(15-33-2,24(31)27-22-13-7-12-20(22)23(29)30)28-25(32)34-14-21-18-10-5-3-8-16(18)17-9-4-6-11-19(17)21/h3-6,8-11,20-22H,7,12-15H2,1-2H3,(H,27,31)(H,28,32)(H,29,30). The SMILES string of the molecule is COCC(C)(NC(=O)OCC1c2ccccc2-c2ccccc21)C(=O)NC1CCCC1C(=O)O. The average molecular weight is 467 g/mol. The number of ether oxygens (including phenoxy) is 2. The average Bonchev–Trinajstić information content (AvgIpc) is 3.40. The van der Waals surface area contributed by atoms with E-state index in [0.29, 0.717) is 12.8 Å². The molecule has 4 rings (SSSR count). The molecule has 8 heteroatoms. The van der Waals surface area contributed by atoms with Crippen molar-refractivity contribution in [3.8, 4) is 11.1 Å². The lowest BCUT2D eigenvalue weighted by Gasteiger charge is -2.31. The number of carboxylic acids is 1. The second kappa shape index (κ2) is 9.85. The van der Waals surface area contributed by atoms with Crippen LogP contribution < -0.4 is 10.6 Å². The molecule has 2 amide bonds. The fraction of sp³-hybridized carbons (Fsp3) is 0.423. The number of rotatable bonds is 8. The third-order valence-corrected chi connectivity index (χ3v) is 6.81. The van der Waals surface area contributed by atoms with Gasteiger partial charge in [0.1, 0.15) is 12.1 Å². The monoisotopic (exact) mass is 466 g/mol. The molecule has 2 aliphatic rings.